The number of thiazole rings is 1. The molecule has 3 aromatic heterocycles. The molecule has 0 aliphatic rings. The summed E-state index contributed by atoms with van der Waals surface area (Å²) >= 11 is 1.66. The van der Waals surface area contributed by atoms with Gasteiger partial charge in [-0.3, -0.25) is 4.40 Å². The van der Waals surface area contributed by atoms with Crippen LogP contribution in [-0.2, 0) is 12.0 Å². The zero-order chi connectivity index (χ0) is 14.2. The minimum absolute atomic E-state index is 0.0739. The molecule has 0 aromatic carbocycles. The Morgan fingerprint density at radius 2 is 2.10 bits per heavy atom. The summed E-state index contributed by atoms with van der Waals surface area (Å²) in [5.41, 5.74) is 1.77. The van der Waals surface area contributed by atoms with E-state index >= 15 is 0 Å². The normalized spacial score (nSPS) is 11.9. The van der Waals surface area contributed by atoms with Crippen LogP contribution < -0.4 is 4.74 Å². The summed E-state index contributed by atoms with van der Waals surface area (Å²) in [6.07, 6.45) is 1.88. The maximum Gasteiger partial charge on any atom is 0.321 e. The van der Waals surface area contributed by atoms with E-state index in [2.05, 4.69) is 36.0 Å². The Morgan fingerprint density at radius 1 is 1.25 bits per heavy atom. The Labute approximate surface area is 121 Å². The molecule has 0 aliphatic heterocycles. The molecule has 0 saturated heterocycles. The maximum absolute atomic E-state index is 5.70. The largest absolute Gasteiger partial charge is 0.457 e. The Kier molecular flexibility index (Phi) is 3.17. The van der Waals surface area contributed by atoms with E-state index in [0.29, 0.717) is 12.6 Å². The number of pyridine rings is 1. The smallest absolute Gasteiger partial charge is 0.321 e. The Bertz CT molecular complexity index is 726. The molecule has 5 nitrogen and oxygen atoms in total. The first-order valence-electron chi connectivity index (χ1n) is 6.41. The molecule has 0 bridgehead atoms. The molecule has 6 heteroatoms. The first-order valence-corrected chi connectivity index (χ1v) is 7.29. The average Bonchev–Trinajstić information content (AvgIpc) is 3.02. The van der Waals surface area contributed by atoms with Crippen LogP contribution in [0.15, 0.2) is 29.8 Å². The summed E-state index contributed by atoms with van der Waals surface area (Å²) in [6, 6.07) is 6.22. The highest BCUT2D eigenvalue weighted by Crippen LogP contribution is 2.25. The highest BCUT2D eigenvalue weighted by atomic mass is 32.1. The fraction of sp³-hybridized carbons (Fsp3) is 0.357. The van der Waals surface area contributed by atoms with Crippen LogP contribution in [0, 0.1) is 0 Å². The third-order valence-electron chi connectivity index (χ3n) is 2.82. The van der Waals surface area contributed by atoms with Crippen LogP contribution in [0.2, 0.25) is 0 Å². The lowest BCUT2D eigenvalue weighted by atomic mass is 9.98. The van der Waals surface area contributed by atoms with Crippen molar-refractivity contribution in [3.8, 4) is 6.01 Å². The molecule has 0 N–H and O–H groups in total. The van der Waals surface area contributed by atoms with Gasteiger partial charge >= 0.3 is 6.01 Å². The number of hydrogen-bond donors (Lipinski definition) is 0. The van der Waals surface area contributed by atoms with Crippen LogP contribution in [0.25, 0.3) is 5.65 Å². The van der Waals surface area contributed by atoms with Crippen LogP contribution in [0.4, 0.5) is 0 Å². The Hall–Kier alpha value is -1.95. The van der Waals surface area contributed by atoms with E-state index in [9.17, 15) is 0 Å². The van der Waals surface area contributed by atoms with E-state index in [4.69, 9.17) is 4.74 Å². The molecule has 3 aromatic rings. The van der Waals surface area contributed by atoms with Crippen LogP contribution in [-0.4, -0.2) is 19.6 Å². The zero-order valence-electron chi connectivity index (χ0n) is 11.7. The number of ether oxygens (including phenoxy) is 1. The highest BCUT2D eigenvalue weighted by molar-refractivity contribution is 7.09. The molecule has 0 fully saturated rings. The van der Waals surface area contributed by atoms with E-state index in [1.807, 2.05) is 34.2 Å². The second kappa shape index (κ2) is 4.86. The van der Waals surface area contributed by atoms with Gasteiger partial charge in [0.05, 0.1) is 10.7 Å². The van der Waals surface area contributed by atoms with Crippen molar-refractivity contribution in [2.45, 2.75) is 32.8 Å². The van der Waals surface area contributed by atoms with Crippen molar-refractivity contribution in [1.82, 2.24) is 19.6 Å². The van der Waals surface area contributed by atoms with Crippen molar-refractivity contribution in [3.05, 3.63) is 40.5 Å². The molecule has 0 aliphatic carbocycles. The van der Waals surface area contributed by atoms with Crippen molar-refractivity contribution in [2.75, 3.05) is 0 Å². The van der Waals surface area contributed by atoms with Crippen molar-refractivity contribution >= 4 is 17.0 Å². The summed E-state index contributed by atoms with van der Waals surface area (Å²) in [6.45, 7) is 6.87. The molecule has 3 heterocycles. The molecule has 0 atom stereocenters. The van der Waals surface area contributed by atoms with Crippen molar-refractivity contribution in [3.63, 3.8) is 0 Å². The lowest BCUT2D eigenvalue weighted by Crippen LogP contribution is -2.10. The number of fused-ring (bicyclic) bond motifs is 1. The van der Waals surface area contributed by atoms with Crippen LogP contribution in [0.5, 0.6) is 6.01 Å². The fourth-order valence-corrected chi connectivity index (χ4v) is 2.67. The summed E-state index contributed by atoms with van der Waals surface area (Å²) < 4.78 is 7.52. The van der Waals surface area contributed by atoms with Crippen molar-refractivity contribution < 1.29 is 4.74 Å². The standard InChI is InChI=1S/C14H16N4OS/c1-14(2,3)12-15-10(9-20-12)8-19-13-17-16-11-6-4-5-7-18(11)13/h4-7,9H,8H2,1-3H3. The molecule has 0 radical (unpaired) electrons. The van der Waals surface area contributed by atoms with E-state index in [1.165, 1.54) is 0 Å². The van der Waals surface area contributed by atoms with Gasteiger partial charge in [0.2, 0.25) is 0 Å². The lowest BCUT2D eigenvalue weighted by Gasteiger charge is -2.13. The fourth-order valence-electron chi connectivity index (χ4n) is 1.77. The minimum Gasteiger partial charge on any atom is -0.457 e. The van der Waals surface area contributed by atoms with Gasteiger partial charge in [-0.1, -0.05) is 31.9 Å². The van der Waals surface area contributed by atoms with Gasteiger partial charge in [-0.05, 0) is 12.1 Å². The predicted octanol–water partition coefficient (Wildman–Crippen LogP) is 3.06. The first-order chi connectivity index (χ1) is 9.54. The number of rotatable bonds is 3. The average molecular weight is 288 g/mol. The Balaban J connectivity index is 1.75. The first kappa shape index (κ1) is 13.1. The third-order valence-corrected chi connectivity index (χ3v) is 4.14. The number of nitrogens with zero attached hydrogens (tertiary/aromatic N) is 4. The minimum atomic E-state index is 0.0739. The maximum atomic E-state index is 5.70. The molecule has 104 valence electrons. The van der Waals surface area contributed by atoms with Gasteiger partial charge in [-0.15, -0.1) is 16.4 Å². The summed E-state index contributed by atoms with van der Waals surface area (Å²) in [4.78, 5) is 4.60. The number of aromatic nitrogens is 4. The highest BCUT2D eigenvalue weighted by Gasteiger charge is 2.18. The van der Waals surface area contributed by atoms with E-state index in [1.54, 1.807) is 11.3 Å². The van der Waals surface area contributed by atoms with Crippen molar-refractivity contribution in [1.29, 1.82) is 0 Å². The molecule has 0 unspecified atom stereocenters. The molecular formula is C14H16N4OS. The molecule has 0 amide bonds. The van der Waals surface area contributed by atoms with Gasteiger partial charge < -0.3 is 4.74 Å². The van der Waals surface area contributed by atoms with E-state index in [0.717, 1.165) is 16.3 Å². The molecule has 3 rings (SSSR count). The van der Waals surface area contributed by atoms with Crippen molar-refractivity contribution in [2.24, 2.45) is 0 Å². The summed E-state index contributed by atoms with van der Waals surface area (Å²) in [5, 5.41) is 11.2. The second-order valence-corrected chi connectivity index (χ2v) is 6.45. The summed E-state index contributed by atoms with van der Waals surface area (Å²) in [5.74, 6) is 0. The lowest BCUT2D eigenvalue weighted by molar-refractivity contribution is 0.273. The third kappa shape index (κ3) is 2.51. The van der Waals surface area contributed by atoms with E-state index in [-0.39, 0.29) is 5.41 Å². The Morgan fingerprint density at radius 3 is 2.85 bits per heavy atom. The number of hydrogen-bond acceptors (Lipinski definition) is 5. The molecular weight excluding hydrogens is 272 g/mol. The van der Waals surface area contributed by atoms with Crippen LogP contribution in [0.1, 0.15) is 31.5 Å². The molecule has 0 saturated carbocycles. The molecule has 20 heavy (non-hydrogen) atoms. The second-order valence-electron chi connectivity index (χ2n) is 5.59. The van der Waals surface area contributed by atoms with Gasteiger partial charge in [0.25, 0.3) is 0 Å². The van der Waals surface area contributed by atoms with Gasteiger partial charge in [0.15, 0.2) is 5.65 Å². The SMILES string of the molecule is CC(C)(C)c1nc(COc2nnc3ccccn23)cs1. The molecule has 0 spiro atoms. The quantitative estimate of drug-likeness (QED) is 0.743. The zero-order valence-corrected chi connectivity index (χ0v) is 12.5. The van der Waals surface area contributed by atoms with Gasteiger partial charge in [-0.25, -0.2) is 4.98 Å². The van der Waals surface area contributed by atoms with E-state index < -0.39 is 0 Å². The van der Waals surface area contributed by atoms with Crippen LogP contribution >= 0.6 is 11.3 Å². The predicted molar refractivity (Wildman–Crippen MR) is 78.1 cm³/mol. The van der Waals surface area contributed by atoms with Gasteiger partial charge in [0.1, 0.15) is 6.61 Å². The van der Waals surface area contributed by atoms with Gasteiger partial charge in [-0.2, -0.15) is 0 Å². The summed E-state index contributed by atoms with van der Waals surface area (Å²) in [7, 11) is 0. The topological polar surface area (TPSA) is 52.3 Å². The van der Waals surface area contributed by atoms with Gasteiger partial charge in [0, 0.05) is 17.0 Å². The monoisotopic (exact) mass is 288 g/mol. The van der Waals surface area contributed by atoms with Crippen LogP contribution in [0.3, 0.4) is 0 Å².